The summed E-state index contributed by atoms with van der Waals surface area (Å²) < 4.78 is 5.81. The number of benzene rings is 2. The van der Waals surface area contributed by atoms with Gasteiger partial charge in [0.2, 0.25) is 0 Å². The van der Waals surface area contributed by atoms with Crippen molar-refractivity contribution in [2.75, 3.05) is 10.0 Å². The van der Waals surface area contributed by atoms with Gasteiger partial charge in [0.05, 0.1) is 24.5 Å². The van der Waals surface area contributed by atoms with Gasteiger partial charge in [-0.2, -0.15) is 9.99 Å². The van der Waals surface area contributed by atoms with Gasteiger partial charge in [0.25, 0.3) is 5.95 Å². The van der Waals surface area contributed by atoms with E-state index in [1.165, 1.54) is 0 Å². The molecule has 0 bridgehead atoms. The molecule has 0 fully saturated rings. The van der Waals surface area contributed by atoms with E-state index in [-0.39, 0.29) is 18.4 Å². The predicted molar refractivity (Wildman–Crippen MR) is 114 cm³/mol. The summed E-state index contributed by atoms with van der Waals surface area (Å²) in [5, 5.41) is 1.16. The minimum Gasteiger partial charge on any atom is -0.370 e. The highest BCUT2D eigenvalue weighted by molar-refractivity contribution is 5.95. The number of primary amides is 2. The fourth-order valence-electron chi connectivity index (χ4n) is 2.76. The molecule has 0 saturated heterocycles. The third kappa shape index (κ3) is 5.11. The third-order valence-electron chi connectivity index (χ3n) is 4.23. The Morgan fingerprint density at radius 2 is 1.55 bits per heavy atom. The lowest BCUT2D eigenvalue weighted by Gasteiger charge is -2.22. The van der Waals surface area contributed by atoms with Crippen molar-refractivity contribution in [2.24, 2.45) is 23.2 Å². The summed E-state index contributed by atoms with van der Waals surface area (Å²) in [6, 6.07) is 17.2. The molecule has 3 aromatic rings. The van der Waals surface area contributed by atoms with Crippen molar-refractivity contribution < 1.29 is 14.3 Å². The largest absolute Gasteiger partial charge is 0.370 e. The Morgan fingerprint density at radius 1 is 0.903 bits per heavy atom. The minimum atomic E-state index is -1.01. The first-order valence-corrected chi connectivity index (χ1v) is 9.06. The standard InChI is InChI=1S/C20H21N8O3/c21-18(29)27(23)17-16(14-9-5-2-6-10-14)15(25-20(26-17)28(24)19(22)30)12-31-11-13-7-3-1-4-8-13/h1,3-10H,11-12,23-24H2,(H2,21,29)(H2,22,30). The zero-order chi connectivity index (χ0) is 22.4. The average Bonchev–Trinajstić information content (AvgIpc) is 2.78. The molecule has 11 heteroatoms. The first-order chi connectivity index (χ1) is 14.9. The number of amides is 4. The summed E-state index contributed by atoms with van der Waals surface area (Å²) in [4.78, 5) is 31.8. The summed E-state index contributed by atoms with van der Waals surface area (Å²) in [7, 11) is 0. The van der Waals surface area contributed by atoms with Crippen LogP contribution >= 0.6 is 0 Å². The highest BCUT2D eigenvalue weighted by Gasteiger charge is 2.24. The molecule has 0 aliphatic carbocycles. The van der Waals surface area contributed by atoms with E-state index >= 15 is 0 Å². The number of rotatable bonds is 7. The maximum atomic E-state index is 11.8. The molecular formula is C20H21N8O3. The number of ether oxygens (including phenoxy) is 1. The van der Waals surface area contributed by atoms with Crippen molar-refractivity contribution in [3.05, 3.63) is 71.9 Å². The van der Waals surface area contributed by atoms with E-state index in [2.05, 4.69) is 16.0 Å². The van der Waals surface area contributed by atoms with E-state index in [0.29, 0.717) is 33.4 Å². The first kappa shape index (κ1) is 21.6. The Balaban J connectivity index is 2.09. The van der Waals surface area contributed by atoms with Gasteiger partial charge in [-0.15, -0.1) is 0 Å². The fourth-order valence-corrected chi connectivity index (χ4v) is 2.76. The van der Waals surface area contributed by atoms with Crippen LogP contribution in [0.3, 0.4) is 0 Å². The highest BCUT2D eigenvalue weighted by Crippen LogP contribution is 2.33. The molecule has 31 heavy (non-hydrogen) atoms. The van der Waals surface area contributed by atoms with Crippen molar-refractivity contribution in [2.45, 2.75) is 13.2 Å². The Morgan fingerprint density at radius 3 is 2.16 bits per heavy atom. The molecule has 11 nitrogen and oxygen atoms in total. The van der Waals surface area contributed by atoms with Gasteiger partial charge in [0.15, 0.2) is 5.82 Å². The maximum absolute atomic E-state index is 11.8. The molecule has 3 rings (SSSR count). The van der Waals surface area contributed by atoms with Crippen LogP contribution < -0.4 is 33.2 Å². The van der Waals surface area contributed by atoms with E-state index in [9.17, 15) is 9.59 Å². The molecule has 4 amide bonds. The van der Waals surface area contributed by atoms with Crippen LogP contribution in [0.1, 0.15) is 11.3 Å². The number of carbonyl (C=O) groups excluding carboxylic acids is 2. The van der Waals surface area contributed by atoms with E-state index in [1.807, 2.05) is 30.3 Å². The fraction of sp³-hybridized carbons (Fsp3) is 0.100. The molecule has 1 aromatic heterocycles. The normalized spacial score (nSPS) is 10.5. The van der Waals surface area contributed by atoms with E-state index in [1.54, 1.807) is 24.3 Å². The van der Waals surface area contributed by atoms with Crippen LogP contribution in [0.25, 0.3) is 11.1 Å². The van der Waals surface area contributed by atoms with Gasteiger partial charge in [-0.25, -0.2) is 31.3 Å². The van der Waals surface area contributed by atoms with Crippen molar-refractivity contribution in [3.8, 4) is 11.1 Å². The average molecular weight is 421 g/mol. The Bertz CT molecular complexity index is 1060. The third-order valence-corrected chi connectivity index (χ3v) is 4.23. The summed E-state index contributed by atoms with van der Waals surface area (Å²) in [5.41, 5.74) is 12.9. The lowest BCUT2D eigenvalue weighted by molar-refractivity contribution is 0.105. The van der Waals surface area contributed by atoms with Crippen molar-refractivity contribution in [1.82, 2.24) is 9.97 Å². The van der Waals surface area contributed by atoms with Crippen molar-refractivity contribution in [3.63, 3.8) is 0 Å². The van der Waals surface area contributed by atoms with Crippen LogP contribution in [0.2, 0.25) is 0 Å². The number of hydrazine groups is 2. The predicted octanol–water partition coefficient (Wildman–Crippen LogP) is 1.18. The number of hydrogen-bond donors (Lipinski definition) is 4. The Labute approximate surface area is 178 Å². The second kappa shape index (κ2) is 9.63. The molecule has 0 unspecified atom stereocenters. The summed E-state index contributed by atoms with van der Waals surface area (Å²) in [5.74, 6) is 11.2. The number of nitrogens with zero attached hydrogens (tertiary/aromatic N) is 4. The SMILES string of the molecule is NC(=O)N(N)c1nc(COCc2ccccc2)c(-c2cc[c]cc2)c(N(N)C(N)=O)n1. The smallest absolute Gasteiger partial charge is 0.336 e. The molecular weight excluding hydrogens is 400 g/mol. The lowest BCUT2D eigenvalue weighted by atomic mass is 10.0. The minimum absolute atomic E-state index is 0.00937. The molecule has 2 aromatic carbocycles. The monoisotopic (exact) mass is 421 g/mol. The second-order valence-electron chi connectivity index (χ2n) is 6.35. The summed E-state index contributed by atoms with van der Waals surface area (Å²) in [6.45, 7) is 0.284. The molecule has 0 saturated carbocycles. The molecule has 0 spiro atoms. The molecule has 0 aliphatic rings. The molecule has 0 atom stereocenters. The number of urea groups is 2. The molecule has 1 heterocycles. The van der Waals surface area contributed by atoms with Crippen LogP contribution in [0.5, 0.6) is 0 Å². The first-order valence-electron chi connectivity index (χ1n) is 9.06. The molecule has 1 radical (unpaired) electrons. The Hall–Kier alpha value is -4.06. The highest BCUT2D eigenvalue weighted by atomic mass is 16.5. The van der Waals surface area contributed by atoms with E-state index < -0.39 is 12.1 Å². The number of aromatic nitrogens is 2. The zero-order valence-corrected chi connectivity index (χ0v) is 16.4. The zero-order valence-electron chi connectivity index (χ0n) is 16.4. The van der Waals surface area contributed by atoms with Crippen molar-refractivity contribution >= 4 is 23.8 Å². The molecule has 8 N–H and O–H groups in total. The second-order valence-corrected chi connectivity index (χ2v) is 6.35. The topological polar surface area (TPSA) is 180 Å². The Kier molecular flexibility index (Phi) is 6.72. The van der Waals surface area contributed by atoms with Crippen LogP contribution in [0, 0.1) is 6.07 Å². The van der Waals surface area contributed by atoms with Gasteiger partial charge < -0.3 is 16.2 Å². The van der Waals surface area contributed by atoms with Crippen LogP contribution in [-0.2, 0) is 18.0 Å². The number of carbonyl (C=O) groups is 2. The quantitative estimate of drug-likeness (QED) is 0.251. The molecule has 0 aliphatic heterocycles. The summed E-state index contributed by atoms with van der Waals surface area (Å²) in [6.07, 6.45) is 0. The van der Waals surface area contributed by atoms with Crippen molar-refractivity contribution in [1.29, 1.82) is 0 Å². The van der Waals surface area contributed by atoms with Gasteiger partial charge in [-0.05, 0) is 17.2 Å². The van der Waals surface area contributed by atoms with Gasteiger partial charge in [0.1, 0.15) is 0 Å². The maximum Gasteiger partial charge on any atom is 0.336 e. The number of hydrogen-bond acceptors (Lipinski definition) is 7. The van der Waals surface area contributed by atoms with Gasteiger partial charge >= 0.3 is 12.1 Å². The van der Waals surface area contributed by atoms with Crippen LogP contribution in [0.15, 0.2) is 54.6 Å². The van der Waals surface area contributed by atoms with Gasteiger partial charge in [-0.1, -0.05) is 54.6 Å². The number of nitrogens with two attached hydrogens (primary N) is 4. The summed E-state index contributed by atoms with van der Waals surface area (Å²) >= 11 is 0. The number of anilines is 2. The van der Waals surface area contributed by atoms with Gasteiger partial charge in [0, 0.05) is 0 Å². The lowest BCUT2D eigenvalue weighted by Crippen LogP contribution is -2.45. The van der Waals surface area contributed by atoms with Crippen LogP contribution in [-0.4, -0.2) is 22.0 Å². The van der Waals surface area contributed by atoms with E-state index in [0.717, 1.165) is 5.56 Å². The van der Waals surface area contributed by atoms with Gasteiger partial charge in [-0.3, -0.25) is 0 Å². The van der Waals surface area contributed by atoms with E-state index in [4.69, 9.17) is 27.9 Å². The molecule has 159 valence electrons. The van der Waals surface area contributed by atoms with Crippen LogP contribution in [0.4, 0.5) is 21.4 Å².